The number of likely N-dealkylation sites (tertiary alicyclic amines) is 1. The summed E-state index contributed by atoms with van der Waals surface area (Å²) in [5.74, 6) is 0.0824. The molecule has 2 amide bonds. The lowest BCUT2D eigenvalue weighted by Crippen LogP contribution is -2.53. The molecule has 1 fully saturated rings. The van der Waals surface area contributed by atoms with E-state index in [-0.39, 0.29) is 30.5 Å². The molecule has 2 aliphatic rings. The Labute approximate surface area is 142 Å². The number of hydrogen-bond donors (Lipinski definition) is 2. The number of piperidine rings is 1. The first-order valence-corrected chi connectivity index (χ1v) is 8.54. The number of amides is 2. The van der Waals surface area contributed by atoms with Crippen LogP contribution in [0.25, 0.3) is 0 Å². The van der Waals surface area contributed by atoms with Crippen LogP contribution in [0.3, 0.4) is 0 Å². The maximum atomic E-state index is 12.5. The van der Waals surface area contributed by atoms with E-state index in [4.69, 9.17) is 4.74 Å². The SMILES string of the molecule is COCC(=O)N1CCC(NC(=O)C2Cc3ccccc3CN2)CC1. The maximum Gasteiger partial charge on any atom is 0.248 e. The third-order valence-electron chi connectivity index (χ3n) is 4.86. The Bertz CT molecular complexity index is 597. The van der Waals surface area contributed by atoms with Crippen molar-refractivity contribution in [3.8, 4) is 0 Å². The van der Waals surface area contributed by atoms with Gasteiger partial charge >= 0.3 is 0 Å². The molecule has 6 nitrogen and oxygen atoms in total. The van der Waals surface area contributed by atoms with E-state index in [2.05, 4.69) is 22.8 Å². The lowest BCUT2D eigenvalue weighted by atomic mass is 9.95. The molecule has 2 aliphatic heterocycles. The quantitative estimate of drug-likeness (QED) is 0.841. The molecule has 2 N–H and O–H groups in total. The van der Waals surface area contributed by atoms with Gasteiger partial charge in [0.25, 0.3) is 0 Å². The van der Waals surface area contributed by atoms with Crippen molar-refractivity contribution in [2.75, 3.05) is 26.8 Å². The van der Waals surface area contributed by atoms with Crippen LogP contribution in [-0.4, -0.2) is 55.6 Å². The molecule has 0 aliphatic carbocycles. The van der Waals surface area contributed by atoms with Crippen molar-refractivity contribution in [2.24, 2.45) is 0 Å². The number of carbonyl (C=O) groups excluding carboxylic acids is 2. The Hall–Kier alpha value is -1.92. The van der Waals surface area contributed by atoms with Gasteiger partial charge in [0.2, 0.25) is 11.8 Å². The fourth-order valence-corrected chi connectivity index (χ4v) is 3.43. The standard InChI is InChI=1S/C18H25N3O3/c1-24-12-17(22)21-8-6-15(7-9-21)20-18(23)16-10-13-4-2-3-5-14(13)11-19-16/h2-5,15-16,19H,6-12H2,1H3,(H,20,23). The van der Waals surface area contributed by atoms with E-state index < -0.39 is 0 Å². The Morgan fingerprint density at radius 1 is 1.25 bits per heavy atom. The first kappa shape index (κ1) is 16.9. The minimum absolute atomic E-state index is 0.0211. The molecule has 1 atom stereocenters. The zero-order valence-corrected chi connectivity index (χ0v) is 14.1. The number of carbonyl (C=O) groups is 2. The fraction of sp³-hybridized carbons (Fsp3) is 0.556. The molecule has 0 spiro atoms. The summed E-state index contributed by atoms with van der Waals surface area (Å²) in [5.41, 5.74) is 2.52. The topological polar surface area (TPSA) is 70.7 Å². The molecule has 3 rings (SSSR count). The average Bonchev–Trinajstić information content (AvgIpc) is 2.62. The monoisotopic (exact) mass is 331 g/mol. The number of hydrogen-bond acceptors (Lipinski definition) is 4. The zero-order chi connectivity index (χ0) is 16.9. The highest BCUT2D eigenvalue weighted by molar-refractivity contribution is 5.83. The van der Waals surface area contributed by atoms with Crippen LogP contribution < -0.4 is 10.6 Å². The predicted molar refractivity (Wildman–Crippen MR) is 90.4 cm³/mol. The average molecular weight is 331 g/mol. The molecule has 1 aromatic rings. The largest absolute Gasteiger partial charge is 0.375 e. The van der Waals surface area contributed by atoms with Gasteiger partial charge < -0.3 is 20.3 Å². The van der Waals surface area contributed by atoms with Gasteiger partial charge in [-0.15, -0.1) is 0 Å². The molecule has 0 radical (unpaired) electrons. The molecular formula is C18H25N3O3. The van der Waals surface area contributed by atoms with Crippen molar-refractivity contribution in [1.29, 1.82) is 0 Å². The highest BCUT2D eigenvalue weighted by Gasteiger charge is 2.28. The van der Waals surface area contributed by atoms with Crippen LogP contribution >= 0.6 is 0 Å². The minimum atomic E-state index is -0.173. The molecule has 0 aromatic heterocycles. The van der Waals surface area contributed by atoms with Crippen molar-refractivity contribution in [2.45, 2.75) is 37.9 Å². The highest BCUT2D eigenvalue weighted by atomic mass is 16.5. The van der Waals surface area contributed by atoms with Crippen molar-refractivity contribution in [3.05, 3.63) is 35.4 Å². The van der Waals surface area contributed by atoms with Gasteiger partial charge in [-0.2, -0.15) is 0 Å². The van der Waals surface area contributed by atoms with Crippen LogP contribution in [0.15, 0.2) is 24.3 Å². The Morgan fingerprint density at radius 3 is 2.67 bits per heavy atom. The van der Waals surface area contributed by atoms with Gasteiger partial charge in [-0.1, -0.05) is 24.3 Å². The lowest BCUT2D eigenvalue weighted by molar-refractivity contribution is -0.136. The highest BCUT2D eigenvalue weighted by Crippen LogP contribution is 2.17. The molecule has 0 bridgehead atoms. The van der Waals surface area contributed by atoms with Crippen LogP contribution in [0.4, 0.5) is 0 Å². The third kappa shape index (κ3) is 3.94. The van der Waals surface area contributed by atoms with Crippen molar-refractivity contribution >= 4 is 11.8 Å². The molecular weight excluding hydrogens is 306 g/mol. The van der Waals surface area contributed by atoms with E-state index in [9.17, 15) is 9.59 Å². The second-order valence-electron chi connectivity index (χ2n) is 6.50. The van der Waals surface area contributed by atoms with Gasteiger partial charge in [-0.3, -0.25) is 9.59 Å². The van der Waals surface area contributed by atoms with Crippen molar-refractivity contribution in [1.82, 2.24) is 15.5 Å². The van der Waals surface area contributed by atoms with Gasteiger partial charge in [0.1, 0.15) is 6.61 Å². The van der Waals surface area contributed by atoms with Gasteiger partial charge in [0, 0.05) is 32.8 Å². The van der Waals surface area contributed by atoms with Crippen molar-refractivity contribution < 1.29 is 14.3 Å². The van der Waals surface area contributed by atoms with E-state index in [1.165, 1.54) is 18.2 Å². The van der Waals surface area contributed by atoms with E-state index in [0.29, 0.717) is 13.1 Å². The third-order valence-corrected chi connectivity index (χ3v) is 4.86. The molecule has 1 aromatic carbocycles. The summed E-state index contributed by atoms with van der Waals surface area (Å²) in [4.78, 5) is 26.1. The van der Waals surface area contributed by atoms with Crippen LogP contribution in [0.5, 0.6) is 0 Å². The predicted octanol–water partition coefficient (Wildman–Crippen LogP) is 0.455. The Balaban J connectivity index is 1.48. The first-order valence-electron chi connectivity index (χ1n) is 8.54. The summed E-state index contributed by atoms with van der Waals surface area (Å²) in [6, 6.07) is 8.21. The summed E-state index contributed by atoms with van der Waals surface area (Å²) in [6.45, 7) is 2.21. The zero-order valence-electron chi connectivity index (χ0n) is 14.1. The summed E-state index contributed by atoms with van der Waals surface area (Å²) >= 11 is 0. The van der Waals surface area contributed by atoms with Crippen LogP contribution in [0, 0.1) is 0 Å². The number of nitrogens with zero attached hydrogens (tertiary/aromatic N) is 1. The van der Waals surface area contributed by atoms with E-state index in [0.717, 1.165) is 25.8 Å². The van der Waals surface area contributed by atoms with E-state index in [1.54, 1.807) is 4.90 Å². The lowest BCUT2D eigenvalue weighted by Gasteiger charge is -2.33. The summed E-state index contributed by atoms with van der Waals surface area (Å²) in [6.07, 6.45) is 2.32. The first-order chi connectivity index (χ1) is 11.7. The number of nitrogens with one attached hydrogen (secondary N) is 2. The molecule has 130 valence electrons. The number of benzene rings is 1. The van der Waals surface area contributed by atoms with E-state index in [1.807, 2.05) is 12.1 Å². The minimum Gasteiger partial charge on any atom is -0.375 e. The molecule has 24 heavy (non-hydrogen) atoms. The smallest absolute Gasteiger partial charge is 0.248 e. The molecule has 1 unspecified atom stereocenters. The van der Waals surface area contributed by atoms with E-state index >= 15 is 0 Å². The number of ether oxygens (including phenoxy) is 1. The second kappa shape index (κ2) is 7.77. The number of fused-ring (bicyclic) bond motifs is 1. The van der Waals surface area contributed by atoms with Gasteiger partial charge in [-0.25, -0.2) is 0 Å². The van der Waals surface area contributed by atoms with Gasteiger partial charge in [0.05, 0.1) is 6.04 Å². The van der Waals surface area contributed by atoms with Crippen LogP contribution in [0.1, 0.15) is 24.0 Å². The van der Waals surface area contributed by atoms with Crippen molar-refractivity contribution in [3.63, 3.8) is 0 Å². The normalized spacial score (nSPS) is 21.2. The maximum absolute atomic E-state index is 12.5. The molecule has 2 heterocycles. The number of methoxy groups -OCH3 is 1. The summed E-state index contributed by atoms with van der Waals surface area (Å²) in [7, 11) is 1.53. The molecule has 1 saturated heterocycles. The van der Waals surface area contributed by atoms with Crippen LogP contribution in [-0.2, 0) is 27.3 Å². The molecule has 0 saturated carbocycles. The molecule has 6 heteroatoms. The van der Waals surface area contributed by atoms with Crippen LogP contribution in [0.2, 0.25) is 0 Å². The Kier molecular flexibility index (Phi) is 5.48. The number of rotatable bonds is 4. The van der Waals surface area contributed by atoms with Gasteiger partial charge in [0.15, 0.2) is 0 Å². The fourth-order valence-electron chi connectivity index (χ4n) is 3.43. The Morgan fingerprint density at radius 2 is 1.96 bits per heavy atom. The van der Waals surface area contributed by atoms with Gasteiger partial charge in [-0.05, 0) is 30.4 Å². The second-order valence-corrected chi connectivity index (χ2v) is 6.50. The summed E-state index contributed by atoms with van der Waals surface area (Å²) in [5, 5.41) is 6.46. The summed E-state index contributed by atoms with van der Waals surface area (Å²) < 4.78 is 4.89.